The molecule has 0 saturated carbocycles. The summed E-state index contributed by atoms with van der Waals surface area (Å²) in [7, 11) is 0. The van der Waals surface area contributed by atoms with Crippen molar-refractivity contribution in [3.8, 4) is 0 Å². The monoisotopic (exact) mass is 208 g/mol. The number of halogens is 2. The van der Waals surface area contributed by atoms with Crippen LogP contribution in [-0.4, -0.2) is 4.87 Å². The molecule has 0 amide bonds. The van der Waals surface area contributed by atoms with E-state index in [1.54, 1.807) is 5.54 Å². The van der Waals surface area contributed by atoms with Crippen molar-refractivity contribution < 1.29 is 0 Å². The minimum absolute atomic E-state index is 0.0512. The van der Waals surface area contributed by atoms with Crippen LogP contribution < -0.4 is 0 Å². The van der Waals surface area contributed by atoms with Crippen LogP contribution in [0.4, 0.5) is 0 Å². The molecule has 0 aliphatic heterocycles. The first-order valence-corrected chi connectivity index (χ1v) is 5.23. The van der Waals surface area contributed by atoms with Crippen molar-refractivity contribution in [1.82, 2.24) is 0 Å². The van der Waals surface area contributed by atoms with E-state index in [0.717, 1.165) is 6.42 Å². The summed E-state index contributed by atoms with van der Waals surface area (Å²) < 4.78 is 0. The summed E-state index contributed by atoms with van der Waals surface area (Å²) in [6, 6.07) is 0. The van der Waals surface area contributed by atoms with Gasteiger partial charge in [-0.25, -0.2) is 0 Å². The summed E-state index contributed by atoms with van der Waals surface area (Å²) >= 11 is 11.5. The molecule has 0 saturated heterocycles. The zero-order valence-corrected chi connectivity index (χ0v) is 9.62. The van der Waals surface area contributed by atoms with Crippen molar-refractivity contribution in [3.05, 3.63) is 11.6 Å². The van der Waals surface area contributed by atoms with Crippen LogP contribution >= 0.6 is 23.2 Å². The van der Waals surface area contributed by atoms with E-state index in [1.807, 2.05) is 6.08 Å². The molecule has 72 valence electrons. The Kier molecular flexibility index (Phi) is 6.04. The SMILES string of the molecule is CC(/C=C/Cl)CCCC(C)(C)Cl. The average molecular weight is 209 g/mol. The van der Waals surface area contributed by atoms with Crippen LogP contribution in [0.3, 0.4) is 0 Å². The fourth-order valence-corrected chi connectivity index (χ4v) is 1.45. The van der Waals surface area contributed by atoms with Gasteiger partial charge in [-0.15, -0.1) is 11.6 Å². The Hall–Kier alpha value is 0.320. The Morgan fingerprint density at radius 1 is 1.42 bits per heavy atom. The number of alkyl halides is 1. The summed E-state index contributed by atoms with van der Waals surface area (Å²) in [6.07, 6.45) is 5.41. The molecule has 0 rings (SSSR count). The molecule has 1 atom stereocenters. The second-order valence-corrected chi connectivity index (χ2v) is 5.18. The van der Waals surface area contributed by atoms with Crippen LogP contribution in [0.1, 0.15) is 40.0 Å². The van der Waals surface area contributed by atoms with Crippen LogP contribution in [0.5, 0.6) is 0 Å². The van der Waals surface area contributed by atoms with E-state index in [4.69, 9.17) is 23.2 Å². The molecule has 1 unspecified atom stereocenters. The lowest BCUT2D eigenvalue weighted by Gasteiger charge is -2.15. The van der Waals surface area contributed by atoms with Gasteiger partial charge in [-0.3, -0.25) is 0 Å². The molecule has 0 aromatic carbocycles. The van der Waals surface area contributed by atoms with Crippen LogP contribution in [-0.2, 0) is 0 Å². The summed E-state index contributed by atoms with van der Waals surface area (Å²) in [5.74, 6) is 0.571. The van der Waals surface area contributed by atoms with Crippen molar-refractivity contribution in [1.29, 1.82) is 0 Å². The van der Waals surface area contributed by atoms with Gasteiger partial charge in [0.05, 0.1) is 0 Å². The van der Waals surface area contributed by atoms with Crippen LogP contribution in [0, 0.1) is 5.92 Å². The van der Waals surface area contributed by atoms with E-state index >= 15 is 0 Å². The van der Waals surface area contributed by atoms with Gasteiger partial charge in [-0.05, 0) is 32.6 Å². The Morgan fingerprint density at radius 2 is 2.00 bits per heavy atom. The van der Waals surface area contributed by atoms with E-state index in [9.17, 15) is 0 Å². The minimum atomic E-state index is -0.0512. The predicted octanol–water partition coefficient (Wildman–Crippen LogP) is 4.56. The van der Waals surface area contributed by atoms with Crippen molar-refractivity contribution in [2.45, 2.75) is 44.9 Å². The minimum Gasteiger partial charge on any atom is -0.120 e. The molecule has 0 aliphatic rings. The smallest absolute Gasteiger partial charge is 0.0390 e. The standard InChI is InChI=1S/C10H18Cl2/c1-9(6-8-11)5-4-7-10(2,3)12/h6,8-9H,4-5,7H2,1-3H3/b8-6+. The maximum absolute atomic E-state index is 6.05. The second-order valence-electron chi connectivity index (χ2n) is 3.91. The van der Waals surface area contributed by atoms with Gasteiger partial charge in [0.15, 0.2) is 0 Å². The average Bonchev–Trinajstić information content (AvgIpc) is 1.84. The molecule has 0 aliphatic carbocycles. The van der Waals surface area contributed by atoms with Crippen LogP contribution in [0.25, 0.3) is 0 Å². The largest absolute Gasteiger partial charge is 0.120 e. The molecule has 0 spiro atoms. The molecule has 0 nitrogen and oxygen atoms in total. The molecule has 0 aromatic heterocycles. The normalized spacial score (nSPS) is 15.4. The molecular formula is C10H18Cl2. The van der Waals surface area contributed by atoms with Gasteiger partial charge in [0.2, 0.25) is 0 Å². The predicted molar refractivity (Wildman–Crippen MR) is 57.9 cm³/mol. The highest BCUT2D eigenvalue weighted by Gasteiger charge is 2.12. The number of allylic oxidation sites excluding steroid dienone is 1. The third-order valence-electron chi connectivity index (χ3n) is 1.83. The van der Waals surface area contributed by atoms with E-state index in [2.05, 4.69) is 20.8 Å². The second kappa shape index (κ2) is 5.88. The molecule has 0 radical (unpaired) electrons. The van der Waals surface area contributed by atoms with Gasteiger partial charge in [0.25, 0.3) is 0 Å². The van der Waals surface area contributed by atoms with Crippen molar-refractivity contribution >= 4 is 23.2 Å². The molecule has 12 heavy (non-hydrogen) atoms. The zero-order chi connectivity index (χ0) is 9.61. The number of hydrogen-bond acceptors (Lipinski definition) is 0. The third kappa shape index (κ3) is 8.42. The Balaban J connectivity index is 3.43. The summed E-state index contributed by atoms with van der Waals surface area (Å²) in [6.45, 7) is 6.27. The van der Waals surface area contributed by atoms with Crippen LogP contribution in [0.15, 0.2) is 11.6 Å². The Morgan fingerprint density at radius 3 is 2.42 bits per heavy atom. The lowest BCUT2D eigenvalue weighted by atomic mass is 9.99. The van der Waals surface area contributed by atoms with Gasteiger partial charge in [-0.1, -0.05) is 31.0 Å². The Bertz CT molecular complexity index is 133. The molecule has 2 heteroatoms. The summed E-state index contributed by atoms with van der Waals surface area (Å²) in [5.41, 5.74) is 1.59. The third-order valence-corrected chi connectivity index (χ3v) is 2.17. The first kappa shape index (κ1) is 12.3. The highest BCUT2D eigenvalue weighted by atomic mass is 35.5. The van der Waals surface area contributed by atoms with Gasteiger partial charge in [-0.2, -0.15) is 0 Å². The fraction of sp³-hybridized carbons (Fsp3) is 0.800. The van der Waals surface area contributed by atoms with E-state index in [1.165, 1.54) is 12.8 Å². The van der Waals surface area contributed by atoms with Crippen molar-refractivity contribution in [2.24, 2.45) is 5.92 Å². The highest BCUT2D eigenvalue weighted by Crippen LogP contribution is 2.22. The van der Waals surface area contributed by atoms with Gasteiger partial charge < -0.3 is 0 Å². The van der Waals surface area contributed by atoms with E-state index < -0.39 is 0 Å². The molecule has 0 N–H and O–H groups in total. The maximum atomic E-state index is 6.05. The number of hydrogen-bond donors (Lipinski definition) is 0. The van der Waals surface area contributed by atoms with Gasteiger partial charge in [0.1, 0.15) is 0 Å². The quantitative estimate of drug-likeness (QED) is 0.582. The molecule has 0 heterocycles. The van der Waals surface area contributed by atoms with Crippen molar-refractivity contribution in [3.63, 3.8) is 0 Å². The topological polar surface area (TPSA) is 0 Å². The van der Waals surface area contributed by atoms with Gasteiger partial charge >= 0.3 is 0 Å². The fourth-order valence-electron chi connectivity index (χ4n) is 1.06. The first-order valence-electron chi connectivity index (χ1n) is 4.41. The molecular weight excluding hydrogens is 191 g/mol. The molecule has 0 fully saturated rings. The summed E-state index contributed by atoms with van der Waals surface area (Å²) in [4.78, 5) is -0.0512. The first-order chi connectivity index (χ1) is 5.45. The molecule has 0 bridgehead atoms. The molecule has 0 aromatic rings. The summed E-state index contributed by atoms with van der Waals surface area (Å²) in [5, 5.41) is 0. The Labute approximate surface area is 85.9 Å². The number of rotatable bonds is 5. The van der Waals surface area contributed by atoms with Gasteiger partial charge in [0, 0.05) is 10.4 Å². The zero-order valence-electron chi connectivity index (χ0n) is 8.11. The lowest BCUT2D eigenvalue weighted by Crippen LogP contribution is -2.09. The van der Waals surface area contributed by atoms with Crippen molar-refractivity contribution in [2.75, 3.05) is 0 Å². The van der Waals surface area contributed by atoms with E-state index in [-0.39, 0.29) is 4.87 Å². The maximum Gasteiger partial charge on any atom is 0.0390 e. The van der Waals surface area contributed by atoms with Crippen LogP contribution in [0.2, 0.25) is 0 Å². The van der Waals surface area contributed by atoms with E-state index in [0.29, 0.717) is 5.92 Å². The lowest BCUT2D eigenvalue weighted by molar-refractivity contribution is 0.524. The highest BCUT2D eigenvalue weighted by molar-refractivity contribution is 6.25.